The van der Waals surface area contributed by atoms with Gasteiger partial charge in [-0.15, -0.1) is 0 Å². The lowest BCUT2D eigenvalue weighted by Gasteiger charge is -2.30. The van der Waals surface area contributed by atoms with Gasteiger partial charge in [-0.05, 0) is 35.7 Å². The summed E-state index contributed by atoms with van der Waals surface area (Å²) >= 11 is 0. The maximum atomic E-state index is 10.5. The van der Waals surface area contributed by atoms with E-state index in [2.05, 4.69) is 45.2 Å². The number of pyridine rings is 1. The number of ether oxygens (including phenoxy) is 1. The Hall–Kier alpha value is -3.22. The van der Waals surface area contributed by atoms with Crippen LogP contribution in [0.3, 0.4) is 0 Å². The highest BCUT2D eigenvalue weighted by Crippen LogP contribution is 2.25. The lowest BCUT2D eigenvalue weighted by molar-refractivity contribution is 0.0637. The monoisotopic (exact) mass is 414 g/mol. The van der Waals surface area contributed by atoms with Crippen LogP contribution in [-0.2, 0) is 20.0 Å². The van der Waals surface area contributed by atoms with Crippen LogP contribution in [0.1, 0.15) is 11.1 Å². The van der Waals surface area contributed by atoms with Crippen LogP contribution in [-0.4, -0.2) is 50.3 Å². The summed E-state index contributed by atoms with van der Waals surface area (Å²) < 4.78 is 7.90. The number of imidazole rings is 1. The first-order valence-electron chi connectivity index (χ1n) is 10.6. The molecule has 1 aliphatic heterocycles. The number of rotatable bonds is 6. The number of nitrogens with zero attached hydrogens (tertiary/aromatic N) is 4. The standard InChI is InChI=1S/C25H26N4O2/c1-28-17-27-23-7-6-19(12-25(23)28)24-13-22(8-10-26-24)31-16-21(30)15-29-11-9-18-4-2-3-5-20(18)14-29/h2-8,10,12-13,17,21,30H,9,11,14-16H2,1H3. The van der Waals surface area contributed by atoms with Gasteiger partial charge in [-0.1, -0.05) is 30.3 Å². The van der Waals surface area contributed by atoms with Gasteiger partial charge in [0, 0.05) is 44.5 Å². The molecule has 158 valence electrons. The van der Waals surface area contributed by atoms with Crippen LogP contribution in [0.25, 0.3) is 22.3 Å². The van der Waals surface area contributed by atoms with Crippen molar-refractivity contribution in [1.82, 2.24) is 19.4 Å². The van der Waals surface area contributed by atoms with Crippen molar-refractivity contribution in [3.8, 4) is 17.0 Å². The first kappa shape index (κ1) is 19.7. The fourth-order valence-corrected chi connectivity index (χ4v) is 4.20. The van der Waals surface area contributed by atoms with E-state index in [1.54, 1.807) is 6.20 Å². The molecular formula is C25H26N4O2. The quantitative estimate of drug-likeness (QED) is 0.524. The van der Waals surface area contributed by atoms with Crippen molar-refractivity contribution in [3.05, 3.63) is 78.2 Å². The zero-order valence-electron chi connectivity index (χ0n) is 17.6. The summed E-state index contributed by atoms with van der Waals surface area (Å²) in [6.07, 6.45) is 4.03. The van der Waals surface area contributed by atoms with Crippen molar-refractivity contribution < 1.29 is 9.84 Å². The number of aliphatic hydroxyl groups is 1. The van der Waals surface area contributed by atoms with E-state index in [0.29, 0.717) is 12.3 Å². The maximum Gasteiger partial charge on any atom is 0.123 e. The molecule has 1 aliphatic rings. The molecule has 6 nitrogen and oxygen atoms in total. The van der Waals surface area contributed by atoms with Crippen LogP contribution < -0.4 is 4.74 Å². The summed E-state index contributed by atoms with van der Waals surface area (Å²) in [4.78, 5) is 11.1. The van der Waals surface area contributed by atoms with E-state index in [-0.39, 0.29) is 6.61 Å². The molecular weight excluding hydrogens is 388 g/mol. The van der Waals surface area contributed by atoms with Gasteiger partial charge in [-0.3, -0.25) is 9.88 Å². The number of aliphatic hydroxyl groups excluding tert-OH is 1. The van der Waals surface area contributed by atoms with Crippen molar-refractivity contribution in [2.45, 2.75) is 19.1 Å². The highest BCUT2D eigenvalue weighted by Gasteiger charge is 2.18. The zero-order valence-corrected chi connectivity index (χ0v) is 17.6. The number of hydrogen-bond donors (Lipinski definition) is 1. The van der Waals surface area contributed by atoms with Crippen LogP contribution in [0.2, 0.25) is 0 Å². The smallest absolute Gasteiger partial charge is 0.123 e. The third-order valence-corrected chi connectivity index (χ3v) is 5.87. The molecule has 1 unspecified atom stereocenters. The fourth-order valence-electron chi connectivity index (χ4n) is 4.20. The second kappa shape index (κ2) is 8.49. The molecule has 0 saturated heterocycles. The minimum Gasteiger partial charge on any atom is -0.491 e. The third-order valence-electron chi connectivity index (χ3n) is 5.87. The van der Waals surface area contributed by atoms with Gasteiger partial charge in [0.1, 0.15) is 18.5 Å². The van der Waals surface area contributed by atoms with Crippen molar-refractivity contribution in [2.75, 3.05) is 19.7 Å². The lowest BCUT2D eigenvalue weighted by Crippen LogP contribution is -2.38. The van der Waals surface area contributed by atoms with E-state index in [1.807, 2.05) is 42.2 Å². The van der Waals surface area contributed by atoms with Gasteiger partial charge in [0.05, 0.1) is 23.1 Å². The number of β-amino-alcohol motifs (C(OH)–C–C–N with tert-alkyl or cyclic N) is 1. The van der Waals surface area contributed by atoms with E-state index >= 15 is 0 Å². The average Bonchev–Trinajstić information content (AvgIpc) is 3.18. The maximum absolute atomic E-state index is 10.5. The third kappa shape index (κ3) is 4.31. The summed E-state index contributed by atoms with van der Waals surface area (Å²) in [5.41, 5.74) is 6.63. The Morgan fingerprint density at radius 2 is 1.94 bits per heavy atom. The van der Waals surface area contributed by atoms with Crippen molar-refractivity contribution >= 4 is 11.0 Å². The average molecular weight is 415 g/mol. The van der Waals surface area contributed by atoms with Gasteiger partial charge in [-0.25, -0.2) is 4.98 Å². The van der Waals surface area contributed by atoms with E-state index in [0.717, 1.165) is 41.8 Å². The van der Waals surface area contributed by atoms with E-state index in [4.69, 9.17) is 4.74 Å². The van der Waals surface area contributed by atoms with Gasteiger partial charge in [0.2, 0.25) is 0 Å². The van der Waals surface area contributed by atoms with Gasteiger partial charge >= 0.3 is 0 Å². The largest absolute Gasteiger partial charge is 0.491 e. The van der Waals surface area contributed by atoms with Crippen molar-refractivity contribution in [1.29, 1.82) is 0 Å². The molecule has 2 aromatic heterocycles. The van der Waals surface area contributed by atoms with Crippen molar-refractivity contribution in [2.24, 2.45) is 7.05 Å². The Morgan fingerprint density at radius 1 is 1.06 bits per heavy atom. The molecule has 4 aromatic rings. The molecule has 0 spiro atoms. The predicted molar refractivity (Wildman–Crippen MR) is 121 cm³/mol. The minimum absolute atomic E-state index is 0.252. The molecule has 0 amide bonds. The number of benzene rings is 2. The number of aryl methyl sites for hydroxylation is 1. The zero-order chi connectivity index (χ0) is 21.2. The highest BCUT2D eigenvalue weighted by atomic mass is 16.5. The molecule has 1 N–H and O–H groups in total. The second-order valence-electron chi connectivity index (χ2n) is 8.15. The Balaban J connectivity index is 1.21. The van der Waals surface area contributed by atoms with E-state index in [1.165, 1.54) is 11.1 Å². The summed E-state index contributed by atoms with van der Waals surface area (Å²) in [6.45, 7) is 2.69. The molecule has 0 fully saturated rings. The number of aromatic nitrogens is 3. The SMILES string of the molecule is Cn1cnc2ccc(-c3cc(OCC(O)CN4CCc5ccccc5C4)ccn3)cc21. The highest BCUT2D eigenvalue weighted by molar-refractivity contribution is 5.81. The van der Waals surface area contributed by atoms with Crippen LogP contribution >= 0.6 is 0 Å². The van der Waals surface area contributed by atoms with Crippen LogP contribution in [0, 0.1) is 0 Å². The van der Waals surface area contributed by atoms with Crippen molar-refractivity contribution in [3.63, 3.8) is 0 Å². The molecule has 5 rings (SSSR count). The number of hydrogen-bond acceptors (Lipinski definition) is 5. The Labute approximate surface area is 181 Å². The summed E-state index contributed by atoms with van der Waals surface area (Å²) in [5, 5.41) is 10.5. The van der Waals surface area contributed by atoms with E-state index in [9.17, 15) is 5.11 Å². The lowest BCUT2D eigenvalue weighted by atomic mass is 10.00. The second-order valence-corrected chi connectivity index (χ2v) is 8.15. The van der Waals surface area contributed by atoms with Gasteiger partial charge in [-0.2, -0.15) is 0 Å². The molecule has 6 heteroatoms. The first-order valence-corrected chi connectivity index (χ1v) is 10.6. The van der Waals surface area contributed by atoms with E-state index < -0.39 is 6.10 Å². The summed E-state index contributed by atoms with van der Waals surface area (Å²) in [5.74, 6) is 0.707. The predicted octanol–water partition coefficient (Wildman–Crippen LogP) is 3.43. The molecule has 0 bridgehead atoms. The van der Waals surface area contributed by atoms with Crippen LogP contribution in [0.5, 0.6) is 5.75 Å². The normalized spacial score (nSPS) is 15.0. The van der Waals surface area contributed by atoms with Gasteiger partial charge in [0.15, 0.2) is 0 Å². The Bertz CT molecular complexity index is 1200. The molecule has 0 aliphatic carbocycles. The topological polar surface area (TPSA) is 63.4 Å². The first-order chi connectivity index (χ1) is 15.2. The molecule has 3 heterocycles. The van der Waals surface area contributed by atoms with Crippen LogP contribution in [0.4, 0.5) is 0 Å². The molecule has 2 aromatic carbocycles. The minimum atomic E-state index is -0.548. The fraction of sp³-hybridized carbons (Fsp3) is 0.280. The van der Waals surface area contributed by atoms with Gasteiger partial charge in [0.25, 0.3) is 0 Å². The Kier molecular flexibility index (Phi) is 5.40. The molecule has 31 heavy (non-hydrogen) atoms. The van der Waals surface area contributed by atoms with Gasteiger partial charge < -0.3 is 14.4 Å². The molecule has 0 saturated carbocycles. The summed E-state index contributed by atoms with van der Waals surface area (Å²) in [7, 11) is 1.98. The number of fused-ring (bicyclic) bond motifs is 2. The Morgan fingerprint density at radius 3 is 2.84 bits per heavy atom. The molecule has 0 radical (unpaired) electrons. The molecule has 1 atom stereocenters. The van der Waals surface area contributed by atoms with Crippen LogP contribution in [0.15, 0.2) is 67.1 Å². The summed E-state index contributed by atoms with van der Waals surface area (Å²) in [6, 6.07) is 18.4.